The summed E-state index contributed by atoms with van der Waals surface area (Å²) < 4.78 is 0. The fourth-order valence-corrected chi connectivity index (χ4v) is 2.24. The molecule has 0 aromatic heterocycles. The van der Waals surface area contributed by atoms with Gasteiger partial charge in [-0.2, -0.15) is 5.10 Å². The smallest absolute Gasteiger partial charge is 0.211 e. The van der Waals surface area contributed by atoms with Crippen LogP contribution in [0, 0.1) is 0 Å². The summed E-state index contributed by atoms with van der Waals surface area (Å²) >= 11 is 11.9. The van der Waals surface area contributed by atoms with Gasteiger partial charge >= 0.3 is 0 Å². The van der Waals surface area contributed by atoms with E-state index in [4.69, 9.17) is 34.7 Å². The van der Waals surface area contributed by atoms with E-state index in [2.05, 4.69) is 10.2 Å². The molecule has 0 radical (unpaired) electrons. The van der Waals surface area contributed by atoms with E-state index in [0.29, 0.717) is 15.6 Å². The molecule has 7 heteroatoms. The van der Waals surface area contributed by atoms with Gasteiger partial charge in [0.25, 0.3) is 0 Å². The Morgan fingerprint density at radius 1 is 1.00 bits per heavy atom. The molecule has 2 aromatic carbocycles. The largest absolute Gasteiger partial charge is 0.507 e. The van der Waals surface area contributed by atoms with Gasteiger partial charge < -0.3 is 16.6 Å². The third kappa shape index (κ3) is 4.11. The Hall–Kier alpha value is -2.24. The molecule has 0 saturated heterocycles. The summed E-state index contributed by atoms with van der Waals surface area (Å²) in [5.41, 5.74) is 12.4. The molecule has 2 rings (SSSR count). The van der Waals surface area contributed by atoms with Gasteiger partial charge in [0.2, 0.25) is 5.96 Å². The summed E-state index contributed by atoms with van der Waals surface area (Å²) in [5.74, 6) is -0.117. The molecule has 0 aliphatic carbocycles. The number of aromatic hydroxyl groups is 1. The lowest BCUT2D eigenvalue weighted by molar-refractivity contribution is 0.474. The van der Waals surface area contributed by atoms with Crippen LogP contribution in [0.5, 0.6) is 5.75 Å². The number of rotatable bonds is 3. The second-order valence-electron chi connectivity index (χ2n) is 4.20. The highest BCUT2D eigenvalue weighted by Gasteiger charge is 2.05. The Morgan fingerprint density at radius 2 is 1.67 bits per heavy atom. The maximum absolute atomic E-state index is 9.99. The molecule has 5 nitrogen and oxygen atoms in total. The molecule has 0 saturated carbocycles. The zero-order valence-electron chi connectivity index (χ0n) is 10.8. The number of benzene rings is 2. The first-order valence-electron chi connectivity index (χ1n) is 5.87. The van der Waals surface area contributed by atoms with Crippen LogP contribution in [0.25, 0.3) is 11.1 Å². The van der Waals surface area contributed by atoms with Gasteiger partial charge in [0.05, 0.1) is 6.21 Å². The molecule has 0 amide bonds. The average Bonchev–Trinajstić information content (AvgIpc) is 2.39. The lowest BCUT2D eigenvalue weighted by Gasteiger charge is -2.06. The van der Waals surface area contributed by atoms with Gasteiger partial charge in [-0.15, -0.1) is 5.10 Å². The monoisotopic (exact) mass is 322 g/mol. The molecular weight excluding hydrogens is 311 g/mol. The number of hydrogen-bond donors (Lipinski definition) is 3. The number of phenols is 1. The van der Waals surface area contributed by atoms with Gasteiger partial charge in [0.1, 0.15) is 5.75 Å². The van der Waals surface area contributed by atoms with Crippen molar-refractivity contribution in [2.75, 3.05) is 0 Å². The fraction of sp³-hybridized carbons (Fsp3) is 0. The fourth-order valence-electron chi connectivity index (χ4n) is 1.71. The standard InChI is InChI=1S/C14H12Cl2N4O/c15-11-3-10(4-12(16)6-11)8-1-2-9(13(21)5-8)7-19-20-14(17)18/h1-7,21H,(H4,17,18,20). The van der Waals surface area contributed by atoms with Crippen molar-refractivity contribution in [1.29, 1.82) is 0 Å². The quantitative estimate of drug-likeness (QED) is 0.460. The van der Waals surface area contributed by atoms with Crippen LogP contribution in [0.1, 0.15) is 5.56 Å². The summed E-state index contributed by atoms with van der Waals surface area (Å²) in [6.45, 7) is 0. The highest BCUT2D eigenvalue weighted by atomic mass is 35.5. The molecule has 0 heterocycles. The van der Waals surface area contributed by atoms with Gasteiger partial charge in [-0.05, 0) is 41.5 Å². The first kappa shape index (κ1) is 15.2. The first-order valence-corrected chi connectivity index (χ1v) is 6.63. The van der Waals surface area contributed by atoms with E-state index in [1.165, 1.54) is 6.21 Å². The molecule has 5 N–H and O–H groups in total. The van der Waals surface area contributed by atoms with E-state index in [-0.39, 0.29) is 11.7 Å². The molecule has 0 unspecified atom stereocenters. The molecule has 0 spiro atoms. The third-order valence-corrected chi connectivity index (χ3v) is 3.03. The van der Waals surface area contributed by atoms with Crippen molar-refractivity contribution in [2.45, 2.75) is 0 Å². The predicted molar refractivity (Wildman–Crippen MR) is 87.0 cm³/mol. The molecule has 2 aromatic rings. The van der Waals surface area contributed by atoms with Gasteiger partial charge in [0.15, 0.2) is 0 Å². The van der Waals surface area contributed by atoms with Gasteiger partial charge in [-0.1, -0.05) is 29.3 Å². The highest BCUT2D eigenvalue weighted by Crippen LogP contribution is 2.30. The molecule has 0 aliphatic heterocycles. The Labute approximate surface area is 131 Å². The normalized spacial score (nSPS) is 10.8. The molecule has 21 heavy (non-hydrogen) atoms. The van der Waals surface area contributed by atoms with Gasteiger partial charge in [-0.25, -0.2) is 0 Å². The molecule has 0 bridgehead atoms. The van der Waals surface area contributed by atoms with Crippen molar-refractivity contribution in [1.82, 2.24) is 0 Å². The van der Waals surface area contributed by atoms with Crippen molar-refractivity contribution in [3.05, 3.63) is 52.0 Å². The van der Waals surface area contributed by atoms with Crippen molar-refractivity contribution in [3.8, 4) is 16.9 Å². The summed E-state index contributed by atoms with van der Waals surface area (Å²) in [6, 6.07) is 10.2. The second-order valence-corrected chi connectivity index (χ2v) is 5.07. The van der Waals surface area contributed by atoms with Crippen molar-refractivity contribution < 1.29 is 5.11 Å². The minimum atomic E-state index is -0.157. The zero-order chi connectivity index (χ0) is 15.4. The minimum Gasteiger partial charge on any atom is -0.507 e. The van der Waals surface area contributed by atoms with Crippen LogP contribution in [0.15, 0.2) is 46.6 Å². The lowest BCUT2D eigenvalue weighted by Crippen LogP contribution is -2.21. The van der Waals surface area contributed by atoms with Crippen LogP contribution in [0.3, 0.4) is 0 Å². The Bertz CT molecular complexity index is 705. The number of nitrogens with zero attached hydrogens (tertiary/aromatic N) is 2. The second kappa shape index (κ2) is 6.47. The molecule has 0 atom stereocenters. The number of guanidine groups is 1. The number of phenolic OH excluding ortho intramolecular Hbond substituents is 1. The van der Waals surface area contributed by atoms with Crippen LogP contribution < -0.4 is 11.5 Å². The van der Waals surface area contributed by atoms with Crippen LogP contribution in [0.2, 0.25) is 10.0 Å². The number of nitrogens with two attached hydrogens (primary N) is 2. The van der Waals surface area contributed by atoms with Crippen molar-refractivity contribution in [2.24, 2.45) is 21.7 Å². The van der Waals surface area contributed by atoms with E-state index < -0.39 is 0 Å². The third-order valence-electron chi connectivity index (χ3n) is 2.60. The van der Waals surface area contributed by atoms with E-state index in [0.717, 1.165) is 11.1 Å². The van der Waals surface area contributed by atoms with Crippen LogP contribution >= 0.6 is 23.2 Å². The van der Waals surface area contributed by atoms with E-state index in [1.807, 2.05) is 0 Å². The Morgan fingerprint density at radius 3 is 2.24 bits per heavy atom. The number of hydrogen-bond acceptors (Lipinski definition) is 3. The summed E-state index contributed by atoms with van der Waals surface area (Å²) in [7, 11) is 0. The van der Waals surface area contributed by atoms with Crippen LogP contribution in [0.4, 0.5) is 0 Å². The average molecular weight is 323 g/mol. The lowest BCUT2D eigenvalue weighted by atomic mass is 10.0. The first-order chi connectivity index (χ1) is 9.95. The molecule has 0 fully saturated rings. The van der Waals surface area contributed by atoms with Crippen LogP contribution in [-0.2, 0) is 0 Å². The SMILES string of the molecule is NC(N)=NN=Cc1ccc(-c2cc(Cl)cc(Cl)c2)cc1O. The maximum Gasteiger partial charge on any atom is 0.211 e. The predicted octanol–water partition coefficient (Wildman–Crippen LogP) is 2.97. The van der Waals surface area contributed by atoms with Crippen LogP contribution in [-0.4, -0.2) is 17.3 Å². The molecule has 108 valence electrons. The summed E-state index contributed by atoms with van der Waals surface area (Å²) in [6.07, 6.45) is 1.35. The number of halogens is 2. The van der Waals surface area contributed by atoms with Crippen molar-refractivity contribution >= 4 is 35.4 Å². The van der Waals surface area contributed by atoms with Crippen molar-refractivity contribution in [3.63, 3.8) is 0 Å². The highest BCUT2D eigenvalue weighted by molar-refractivity contribution is 6.35. The minimum absolute atomic E-state index is 0.0399. The Kier molecular flexibility index (Phi) is 4.67. The summed E-state index contributed by atoms with van der Waals surface area (Å²) in [4.78, 5) is 0. The van der Waals surface area contributed by atoms with E-state index in [9.17, 15) is 5.11 Å². The molecular formula is C14H12Cl2N4O. The topological polar surface area (TPSA) is 97.0 Å². The van der Waals surface area contributed by atoms with E-state index in [1.54, 1.807) is 36.4 Å². The van der Waals surface area contributed by atoms with Gasteiger partial charge in [-0.3, -0.25) is 0 Å². The zero-order valence-corrected chi connectivity index (χ0v) is 12.3. The van der Waals surface area contributed by atoms with Gasteiger partial charge in [0, 0.05) is 15.6 Å². The Balaban J connectivity index is 2.34. The summed E-state index contributed by atoms with van der Waals surface area (Å²) in [5, 5.41) is 18.1. The van der Waals surface area contributed by atoms with E-state index >= 15 is 0 Å². The maximum atomic E-state index is 9.99. The molecule has 0 aliphatic rings.